The van der Waals surface area contributed by atoms with Crippen LogP contribution < -0.4 is 10.1 Å². The minimum Gasteiger partial charge on any atom is -0.497 e. The van der Waals surface area contributed by atoms with Gasteiger partial charge in [-0.1, -0.05) is 6.08 Å². The summed E-state index contributed by atoms with van der Waals surface area (Å²) < 4.78 is 9.89. The highest BCUT2D eigenvalue weighted by molar-refractivity contribution is 5.84. The molecule has 1 rings (SSSR count). The van der Waals surface area contributed by atoms with Crippen molar-refractivity contribution in [2.45, 2.75) is 6.42 Å². The van der Waals surface area contributed by atoms with Crippen LogP contribution >= 0.6 is 0 Å². The second kappa shape index (κ2) is 6.50. The van der Waals surface area contributed by atoms with E-state index in [1.54, 1.807) is 37.5 Å². The molecule has 1 N–H and O–H groups in total. The number of ether oxygens (including phenoxy) is 2. The van der Waals surface area contributed by atoms with Crippen molar-refractivity contribution in [3.05, 3.63) is 36.9 Å². The summed E-state index contributed by atoms with van der Waals surface area (Å²) in [7, 11) is 1.59. The molecule has 0 atom stereocenters. The van der Waals surface area contributed by atoms with Crippen molar-refractivity contribution in [1.82, 2.24) is 0 Å². The average molecular weight is 221 g/mol. The minimum absolute atomic E-state index is 0.339. The molecule has 86 valence electrons. The Hall–Kier alpha value is -1.97. The highest BCUT2D eigenvalue weighted by Gasteiger charge is 2.01. The van der Waals surface area contributed by atoms with Crippen molar-refractivity contribution < 1.29 is 14.3 Å². The molecule has 0 spiro atoms. The highest BCUT2D eigenvalue weighted by Crippen LogP contribution is 2.14. The van der Waals surface area contributed by atoms with Crippen LogP contribution in [0.4, 0.5) is 10.5 Å². The van der Waals surface area contributed by atoms with Gasteiger partial charge in [0.15, 0.2) is 0 Å². The van der Waals surface area contributed by atoms with E-state index in [0.29, 0.717) is 18.7 Å². The van der Waals surface area contributed by atoms with Gasteiger partial charge in [0.1, 0.15) is 5.75 Å². The molecular weight excluding hydrogens is 206 g/mol. The zero-order valence-electron chi connectivity index (χ0n) is 9.23. The zero-order chi connectivity index (χ0) is 11.8. The monoisotopic (exact) mass is 221 g/mol. The number of nitrogens with one attached hydrogen (secondary N) is 1. The smallest absolute Gasteiger partial charge is 0.411 e. The molecule has 1 aromatic rings. The van der Waals surface area contributed by atoms with E-state index in [-0.39, 0.29) is 0 Å². The standard InChI is InChI=1S/C12H15NO3/c1-3-4-9-16-12(14)13-10-5-7-11(15-2)8-6-10/h3,5-8H,1,4,9H2,2H3,(H,13,14). The summed E-state index contributed by atoms with van der Waals surface area (Å²) in [5.74, 6) is 0.741. The SMILES string of the molecule is C=CCCOC(=O)Nc1ccc(OC)cc1. The minimum atomic E-state index is -0.466. The number of carbonyl (C=O) groups is 1. The van der Waals surface area contributed by atoms with Crippen molar-refractivity contribution in [1.29, 1.82) is 0 Å². The number of anilines is 1. The van der Waals surface area contributed by atoms with E-state index in [0.717, 1.165) is 5.75 Å². The van der Waals surface area contributed by atoms with Gasteiger partial charge in [0, 0.05) is 5.69 Å². The number of rotatable bonds is 5. The summed E-state index contributed by atoms with van der Waals surface area (Å²) >= 11 is 0. The van der Waals surface area contributed by atoms with Gasteiger partial charge in [-0.2, -0.15) is 0 Å². The predicted octanol–water partition coefficient (Wildman–Crippen LogP) is 2.82. The molecular formula is C12H15NO3. The first kappa shape index (κ1) is 12.1. The van der Waals surface area contributed by atoms with Crippen LogP contribution in [-0.4, -0.2) is 19.8 Å². The van der Waals surface area contributed by atoms with Crippen molar-refractivity contribution in [3.63, 3.8) is 0 Å². The lowest BCUT2D eigenvalue weighted by Gasteiger charge is -2.06. The molecule has 0 aliphatic carbocycles. The maximum atomic E-state index is 11.2. The van der Waals surface area contributed by atoms with Crippen LogP contribution in [0.2, 0.25) is 0 Å². The number of methoxy groups -OCH3 is 1. The van der Waals surface area contributed by atoms with Gasteiger partial charge in [0.2, 0.25) is 0 Å². The van der Waals surface area contributed by atoms with Crippen molar-refractivity contribution in [2.75, 3.05) is 19.0 Å². The fourth-order valence-corrected chi connectivity index (χ4v) is 1.06. The lowest BCUT2D eigenvalue weighted by Crippen LogP contribution is -2.13. The van der Waals surface area contributed by atoms with Crippen LogP contribution in [-0.2, 0) is 4.74 Å². The maximum absolute atomic E-state index is 11.2. The number of carbonyl (C=O) groups excluding carboxylic acids is 1. The Morgan fingerprint density at radius 2 is 2.12 bits per heavy atom. The molecule has 0 fully saturated rings. The third-order valence-corrected chi connectivity index (χ3v) is 1.89. The van der Waals surface area contributed by atoms with Gasteiger partial charge in [-0.25, -0.2) is 4.79 Å². The molecule has 0 saturated carbocycles. The molecule has 0 unspecified atom stereocenters. The molecule has 0 saturated heterocycles. The molecule has 0 radical (unpaired) electrons. The molecule has 0 heterocycles. The van der Waals surface area contributed by atoms with E-state index in [1.165, 1.54) is 0 Å². The topological polar surface area (TPSA) is 47.6 Å². The van der Waals surface area contributed by atoms with Crippen LogP contribution in [0.15, 0.2) is 36.9 Å². The largest absolute Gasteiger partial charge is 0.497 e. The quantitative estimate of drug-likeness (QED) is 0.614. The Bertz CT molecular complexity index is 346. The van der Waals surface area contributed by atoms with Gasteiger partial charge in [-0.05, 0) is 30.7 Å². The first-order valence-electron chi connectivity index (χ1n) is 4.95. The molecule has 0 aromatic heterocycles. The Morgan fingerprint density at radius 3 is 2.69 bits per heavy atom. The molecule has 4 nitrogen and oxygen atoms in total. The molecule has 1 amide bonds. The fourth-order valence-electron chi connectivity index (χ4n) is 1.06. The van der Waals surface area contributed by atoms with Gasteiger partial charge in [-0.3, -0.25) is 5.32 Å². The highest BCUT2D eigenvalue weighted by atomic mass is 16.5. The fraction of sp³-hybridized carbons (Fsp3) is 0.250. The number of amides is 1. The molecule has 0 aliphatic rings. The Morgan fingerprint density at radius 1 is 1.44 bits per heavy atom. The van der Waals surface area contributed by atoms with E-state index in [4.69, 9.17) is 9.47 Å². The third kappa shape index (κ3) is 4.04. The van der Waals surface area contributed by atoms with Gasteiger partial charge in [-0.15, -0.1) is 6.58 Å². The first-order chi connectivity index (χ1) is 7.76. The van der Waals surface area contributed by atoms with E-state index in [9.17, 15) is 4.79 Å². The van der Waals surface area contributed by atoms with E-state index >= 15 is 0 Å². The molecule has 0 bridgehead atoms. The summed E-state index contributed by atoms with van der Waals surface area (Å²) in [4.78, 5) is 11.2. The predicted molar refractivity (Wildman–Crippen MR) is 62.8 cm³/mol. The van der Waals surface area contributed by atoms with Gasteiger partial charge < -0.3 is 9.47 Å². The number of hydrogen-bond donors (Lipinski definition) is 1. The van der Waals surface area contributed by atoms with Crippen molar-refractivity contribution in [2.24, 2.45) is 0 Å². The summed E-state index contributed by atoms with van der Waals surface area (Å²) in [6.07, 6.45) is 1.88. The first-order valence-corrected chi connectivity index (χ1v) is 4.95. The lowest BCUT2D eigenvalue weighted by molar-refractivity contribution is 0.163. The molecule has 0 aliphatic heterocycles. The third-order valence-electron chi connectivity index (χ3n) is 1.89. The molecule has 16 heavy (non-hydrogen) atoms. The number of hydrogen-bond acceptors (Lipinski definition) is 3. The van der Waals surface area contributed by atoms with Crippen molar-refractivity contribution in [3.8, 4) is 5.75 Å². The van der Waals surface area contributed by atoms with Crippen LogP contribution in [0.1, 0.15) is 6.42 Å². The van der Waals surface area contributed by atoms with E-state index in [2.05, 4.69) is 11.9 Å². The second-order valence-corrected chi connectivity index (χ2v) is 3.07. The van der Waals surface area contributed by atoms with E-state index < -0.39 is 6.09 Å². The van der Waals surface area contributed by atoms with Crippen molar-refractivity contribution >= 4 is 11.8 Å². The van der Waals surface area contributed by atoms with Crippen LogP contribution in [0.5, 0.6) is 5.75 Å². The molecule has 1 aromatic carbocycles. The number of benzene rings is 1. The maximum Gasteiger partial charge on any atom is 0.411 e. The Labute approximate surface area is 94.9 Å². The Balaban J connectivity index is 2.40. The van der Waals surface area contributed by atoms with Crippen LogP contribution in [0, 0.1) is 0 Å². The van der Waals surface area contributed by atoms with Crippen LogP contribution in [0.25, 0.3) is 0 Å². The lowest BCUT2D eigenvalue weighted by atomic mass is 10.3. The van der Waals surface area contributed by atoms with Gasteiger partial charge in [0.25, 0.3) is 0 Å². The summed E-state index contributed by atoms with van der Waals surface area (Å²) in [6, 6.07) is 7.01. The Kier molecular flexibility index (Phi) is 4.92. The normalized spacial score (nSPS) is 9.31. The van der Waals surface area contributed by atoms with Crippen LogP contribution in [0.3, 0.4) is 0 Å². The summed E-state index contributed by atoms with van der Waals surface area (Å²) in [6.45, 7) is 3.87. The van der Waals surface area contributed by atoms with Gasteiger partial charge in [0.05, 0.1) is 13.7 Å². The second-order valence-electron chi connectivity index (χ2n) is 3.07. The molecule has 4 heteroatoms. The van der Waals surface area contributed by atoms with Gasteiger partial charge >= 0.3 is 6.09 Å². The summed E-state index contributed by atoms with van der Waals surface area (Å²) in [5.41, 5.74) is 0.671. The average Bonchev–Trinajstić information content (AvgIpc) is 2.30. The zero-order valence-corrected chi connectivity index (χ0v) is 9.23. The summed E-state index contributed by atoms with van der Waals surface area (Å²) in [5, 5.41) is 2.60. The van der Waals surface area contributed by atoms with E-state index in [1.807, 2.05) is 0 Å².